The minimum Gasteiger partial charge on any atom is -0.462 e. The maximum absolute atomic E-state index is 12.0. The number of hydrogen-bond donors (Lipinski definition) is 0. The summed E-state index contributed by atoms with van der Waals surface area (Å²) < 4.78 is 5.11. The van der Waals surface area contributed by atoms with E-state index >= 15 is 0 Å². The van der Waals surface area contributed by atoms with Gasteiger partial charge in [0.1, 0.15) is 9.88 Å². The van der Waals surface area contributed by atoms with E-state index in [2.05, 4.69) is 52.8 Å². The van der Waals surface area contributed by atoms with Gasteiger partial charge in [0.25, 0.3) is 0 Å². The molecule has 0 aliphatic carbocycles. The van der Waals surface area contributed by atoms with Gasteiger partial charge in [0.2, 0.25) is 0 Å². The van der Waals surface area contributed by atoms with Crippen LogP contribution in [0.5, 0.6) is 0 Å². The van der Waals surface area contributed by atoms with Gasteiger partial charge in [-0.2, -0.15) is 0 Å². The number of thiazole rings is 1. The minimum atomic E-state index is -0.290. The summed E-state index contributed by atoms with van der Waals surface area (Å²) in [6.45, 7) is 4.04. The molecule has 0 radical (unpaired) electrons. The lowest BCUT2D eigenvalue weighted by atomic mass is 10.1. The van der Waals surface area contributed by atoms with Crippen molar-refractivity contribution in [3.63, 3.8) is 0 Å². The molecule has 0 N–H and O–H groups in total. The van der Waals surface area contributed by atoms with Crippen LogP contribution in [0.15, 0.2) is 53.9 Å². The molecule has 3 heterocycles. The molecule has 6 heteroatoms. The number of hydrogen-bond acceptors (Lipinski definition) is 6. The van der Waals surface area contributed by atoms with E-state index in [4.69, 9.17) is 4.74 Å². The van der Waals surface area contributed by atoms with Crippen LogP contribution in [0.25, 0.3) is 30.8 Å². The molecule has 0 saturated carbocycles. The number of aromatic nitrogens is 1. The second-order valence-corrected chi connectivity index (χ2v) is 8.88. The third-order valence-electron chi connectivity index (χ3n) is 4.02. The number of esters is 1. The molecule has 4 aromatic rings. The van der Waals surface area contributed by atoms with E-state index in [0.717, 1.165) is 15.6 Å². The molecule has 0 unspecified atom stereocenters. The normalized spacial score (nSPS) is 10.9. The van der Waals surface area contributed by atoms with Gasteiger partial charge >= 0.3 is 5.97 Å². The lowest BCUT2D eigenvalue weighted by molar-refractivity contribution is 0.0531. The quantitative estimate of drug-likeness (QED) is 0.341. The molecular formula is C21H17NO2S3. The molecule has 0 aliphatic heterocycles. The Morgan fingerprint density at radius 2 is 1.78 bits per heavy atom. The number of carbonyl (C=O) groups is 1. The highest BCUT2D eigenvalue weighted by atomic mass is 32.1. The van der Waals surface area contributed by atoms with Crippen molar-refractivity contribution in [3.8, 4) is 30.8 Å². The largest absolute Gasteiger partial charge is 0.462 e. The molecule has 0 atom stereocenters. The Morgan fingerprint density at radius 1 is 1.00 bits per heavy atom. The summed E-state index contributed by atoms with van der Waals surface area (Å²) in [6, 6.07) is 16.8. The molecular weight excluding hydrogens is 394 g/mol. The summed E-state index contributed by atoms with van der Waals surface area (Å²) in [7, 11) is 0. The Kier molecular flexibility index (Phi) is 5.20. The first kappa shape index (κ1) is 18.1. The number of nitrogens with zero attached hydrogens (tertiary/aromatic N) is 1. The Bertz CT molecular complexity index is 1080. The lowest BCUT2D eigenvalue weighted by Gasteiger charge is -1.97. The first-order valence-electron chi connectivity index (χ1n) is 8.54. The number of ether oxygens (including phenoxy) is 1. The van der Waals surface area contributed by atoms with E-state index in [9.17, 15) is 4.79 Å². The molecule has 0 fully saturated rings. The van der Waals surface area contributed by atoms with Crippen molar-refractivity contribution in [2.24, 2.45) is 0 Å². The van der Waals surface area contributed by atoms with Crippen LogP contribution in [0.4, 0.5) is 0 Å². The van der Waals surface area contributed by atoms with E-state index in [1.54, 1.807) is 22.7 Å². The van der Waals surface area contributed by atoms with Crippen molar-refractivity contribution in [1.29, 1.82) is 0 Å². The number of rotatable bonds is 5. The highest BCUT2D eigenvalue weighted by molar-refractivity contribution is 7.26. The van der Waals surface area contributed by atoms with E-state index < -0.39 is 0 Å². The SMILES string of the molecule is CCOC(=O)c1sc(-c2ccc(-c3cc(-c4ccccc4)cs3)s2)nc1C. The molecule has 3 aromatic heterocycles. The fourth-order valence-corrected chi connectivity index (χ4v) is 5.76. The maximum Gasteiger partial charge on any atom is 0.350 e. The van der Waals surface area contributed by atoms with Gasteiger partial charge in [-0.3, -0.25) is 0 Å². The van der Waals surface area contributed by atoms with Gasteiger partial charge in [0, 0.05) is 9.75 Å². The van der Waals surface area contributed by atoms with Crippen molar-refractivity contribution in [1.82, 2.24) is 4.98 Å². The Morgan fingerprint density at radius 3 is 2.56 bits per heavy atom. The van der Waals surface area contributed by atoms with E-state index in [-0.39, 0.29) is 5.97 Å². The molecule has 3 nitrogen and oxygen atoms in total. The lowest BCUT2D eigenvalue weighted by Crippen LogP contribution is -2.03. The third kappa shape index (κ3) is 3.74. The maximum atomic E-state index is 12.0. The summed E-state index contributed by atoms with van der Waals surface area (Å²) in [5, 5.41) is 3.06. The van der Waals surface area contributed by atoms with Gasteiger partial charge < -0.3 is 4.74 Å². The fraction of sp³-hybridized carbons (Fsp3) is 0.143. The summed E-state index contributed by atoms with van der Waals surface area (Å²) >= 11 is 4.85. The Hall–Kier alpha value is -2.28. The van der Waals surface area contributed by atoms with Crippen LogP contribution in [0.2, 0.25) is 0 Å². The smallest absolute Gasteiger partial charge is 0.350 e. The van der Waals surface area contributed by atoms with Gasteiger partial charge in [-0.25, -0.2) is 9.78 Å². The molecule has 0 saturated heterocycles. The summed E-state index contributed by atoms with van der Waals surface area (Å²) in [4.78, 5) is 20.7. The van der Waals surface area contributed by atoms with Crippen LogP contribution in [0.3, 0.4) is 0 Å². The van der Waals surface area contributed by atoms with Crippen LogP contribution in [-0.2, 0) is 4.74 Å². The van der Waals surface area contributed by atoms with Gasteiger partial charge in [0.15, 0.2) is 0 Å². The van der Waals surface area contributed by atoms with Crippen LogP contribution >= 0.6 is 34.0 Å². The number of benzene rings is 1. The molecule has 1 aromatic carbocycles. The van der Waals surface area contributed by atoms with Crippen LogP contribution in [0.1, 0.15) is 22.3 Å². The van der Waals surface area contributed by atoms with Crippen molar-refractivity contribution < 1.29 is 9.53 Å². The zero-order valence-electron chi connectivity index (χ0n) is 14.9. The van der Waals surface area contributed by atoms with Crippen molar-refractivity contribution in [3.05, 3.63) is 64.5 Å². The molecule has 0 bridgehead atoms. The van der Waals surface area contributed by atoms with E-state index in [1.165, 1.54) is 32.2 Å². The predicted octanol–water partition coefficient (Wildman–Crippen LogP) is 6.75. The van der Waals surface area contributed by atoms with Gasteiger partial charge in [-0.1, -0.05) is 30.3 Å². The van der Waals surface area contributed by atoms with E-state index in [0.29, 0.717) is 11.5 Å². The molecule has 0 aliphatic rings. The number of carbonyl (C=O) groups excluding carboxylic acids is 1. The number of thiophene rings is 2. The van der Waals surface area contributed by atoms with Crippen LogP contribution in [0, 0.1) is 6.92 Å². The van der Waals surface area contributed by atoms with Crippen LogP contribution < -0.4 is 0 Å². The topological polar surface area (TPSA) is 39.2 Å². The zero-order chi connectivity index (χ0) is 18.8. The van der Waals surface area contributed by atoms with Crippen molar-refractivity contribution in [2.75, 3.05) is 6.61 Å². The molecule has 4 rings (SSSR count). The summed E-state index contributed by atoms with van der Waals surface area (Å²) in [5.74, 6) is -0.290. The number of aryl methyl sites for hydroxylation is 1. The molecule has 136 valence electrons. The van der Waals surface area contributed by atoms with Crippen molar-refractivity contribution >= 4 is 40.0 Å². The Balaban J connectivity index is 1.60. The van der Waals surface area contributed by atoms with Gasteiger partial charge in [-0.15, -0.1) is 34.0 Å². The fourth-order valence-electron chi connectivity index (χ4n) is 2.72. The van der Waals surface area contributed by atoms with Gasteiger partial charge in [-0.05, 0) is 48.6 Å². The molecule has 0 spiro atoms. The highest BCUT2D eigenvalue weighted by Crippen LogP contribution is 2.40. The second-order valence-electron chi connectivity index (χ2n) is 5.88. The second kappa shape index (κ2) is 7.76. The first-order chi connectivity index (χ1) is 13.2. The minimum absolute atomic E-state index is 0.290. The monoisotopic (exact) mass is 411 g/mol. The van der Waals surface area contributed by atoms with Gasteiger partial charge in [0.05, 0.1) is 17.2 Å². The average molecular weight is 412 g/mol. The molecule has 0 amide bonds. The first-order valence-corrected chi connectivity index (χ1v) is 11.1. The predicted molar refractivity (Wildman–Crippen MR) is 115 cm³/mol. The van der Waals surface area contributed by atoms with Crippen molar-refractivity contribution in [2.45, 2.75) is 13.8 Å². The van der Waals surface area contributed by atoms with E-state index in [1.807, 2.05) is 19.9 Å². The average Bonchev–Trinajstić information content (AvgIpc) is 3.41. The summed E-state index contributed by atoms with van der Waals surface area (Å²) in [6.07, 6.45) is 0. The third-order valence-corrected chi connectivity index (χ3v) is 7.54. The Labute approximate surface area is 169 Å². The summed E-state index contributed by atoms with van der Waals surface area (Å²) in [5.41, 5.74) is 3.19. The highest BCUT2D eigenvalue weighted by Gasteiger charge is 2.18. The van der Waals surface area contributed by atoms with Crippen LogP contribution in [-0.4, -0.2) is 17.6 Å². The standard InChI is InChI=1S/C21H17NO2S3/c1-3-24-21(23)19-13(2)22-20(27-19)17-10-9-16(26-17)18-11-15(12-25-18)14-7-5-4-6-8-14/h4-12H,3H2,1-2H3. The zero-order valence-corrected chi connectivity index (χ0v) is 17.3. The molecule has 27 heavy (non-hydrogen) atoms.